The fourth-order valence-corrected chi connectivity index (χ4v) is 5.21. The van der Waals surface area contributed by atoms with E-state index in [4.69, 9.17) is 5.73 Å². The van der Waals surface area contributed by atoms with Crippen LogP contribution in [0.3, 0.4) is 0 Å². The molecule has 3 heterocycles. The Kier molecular flexibility index (Phi) is 5.36. The summed E-state index contributed by atoms with van der Waals surface area (Å²) in [7, 11) is 0. The van der Waals surface area contributed by atoms with E-state index in [1.807, 2.05) is 11.4 Å². The van der Waals surface area contributed by atoms with Crippen LogP contribution in [0.2, 0.25) is 0 Å². The van der Waals surface area contributed by atoms with E-state index in [1.165, 1.54) is 32.1 Å². The lowest BCUT2D eigenvalue weighted by atomic mass is 9.84. The van der Waals surface area contributed by atoms with Crippen LogP contribution in [0.1, 0.15) is 44.9 Å². The lowest BCUT2D eigenvalue weighted by Gasteiger charge is -2.32. The lowest BCUT2D eigenvalue weighted by molar-refractivity contribution is -0.123. The van der Waals surface area contributed by atoms with Crippen LogP contribution in [0, 0.1) is 5.92 Å². The van der Waals surface area contributed by atoms with Crippen molar-refractivity contribution in [3.63, 3.8) is 0 Å². The number of thiophene rings is 1. The van der Waals surface area contributed by atoms with Crippen LogP contribution in [0.25, 0.3) is 10.2 Å². The van der Waals surface area contributed by atoms with Gasteiger partial charge in [-0.05, 0) is 43.0 Å². The van der Waals surface area contributed by atoms with E-state index in [9.17, 15) is 4.79 Å². The molecule has 2 fully saturated rings. The Morgan fingerprint density at radius 1 is 1.27 bits per heavy atom. The van der Waals surface area contributed by atoms with Crippen LogP contribution in [0.15, 0.2) is 17.8 Å². The zero-order valence-electron chi connectivity index (χ0n) is 15.1. The number of nitrogens with two attached hydrogens (primary N) is 1. The molecule has 7 heteroatoms. The van der Waals surface area contributed by atoms with Crippen molar-refractivity contribution in [3.8, 4) is 0 Å². The van der Waals surface area contributed by atoms with E-state index >= 15 is 0 Å². The highest BCUT2D eigenvalue weighted by molar-refractivity contribution is 7.16. The largest absolute Gasteiger partial charge is 0.350 e. The Hall–Kier alpha value is -1.73. The minimum atomic E-state index is -0.161. The molecule has 26 heavy (non-hydrogen) atoms. The summed E-state index contributed by atoms with van der Waals surface area (Å²) in [5.41, 5.74) is 6.01. The van der Waals surface area contributed by atoms with Gasteiger partial charge in [0.15, 0.2) is 0 Å². The Labute approximate surface area is 158 Å². The lowest BCUT2D eigenvalue weighted by Crippen LogP contribution is -2.52. The molecule has 0 bridgehead atoms. The highest BCUT2D eigenvalue weighted by Gasteiger charge is 2.34. The van der Waals surface area contributed by atoms with Crippen LogP contribution in [-0.2, 0) is 4.79 Å². The number of rotatable bonds is 5. The maximum absolute atomic E-state index is 13.1. The minimum Gasteiger partial charge on any atom is -0.350 e. The predicted octanol–water partition coefficient (Wildman–Crippen LogP) is 2.68. The van der Waals surface area contributed by atoms with Crippen molar-refractivity contribution in [2.45, 2.75) is 57.0 Å². The summed E-state index contributed by atoms with van der Waals surface area (Å²) in [5.74, 6) is 1.51. The van der Waals surface area contributed by atoms with Gasteiger partial charge in [0, 0.05) is 19.1 Å². The van der Waals surface area contributed by atoms with Gasteiger partial charge in [-0.1, -0.05) is 19.3 Å². The van der Waals surface area contributed by atoms with Gasteiger partial charge < -0.3 is 16.0 Å². The molecule has 2 atom stereocenters. The minimum absolute atomic E-state index is 0.0943. The topological polar surface area (TPSA) is 84.1 Å². The van der Waals surface area contributed by atoms with E-state index in [-0.39, 0.29) is 18.0 Å². The molecule has 0 aromatic carbocycles. The van der Waals surface area contributed by atoms with Crippen LogP contribution < -0.4 is 16.0 Å². The van der Waals surface area contributed by atoms with Crippen LogP contribution in [0.4, 0.5) is 5.82 Å². The highest BCUT2D eigenvalue weighted by atomic mass is 32.1. The number of nitrogens with zero attached hydrogens (tertiary/aromatic N) is 3. The molecule has 0 spiro atoms. The monoisotopic (exact) mass is 373 g/mol. The number of nitrogens with one attached hydrogen (secondary N) is 1. The second kappa shape index (κ2) is 7.88. The standard InChI is InChI=1S/C19H27N5OS/c20-11-15(13-5-2-1-3-6-13)23-18(25)16-7-4-9-24(16)17-14-8-10-26-19(14)22-12-21-17/h8,10,12-13,15-16H,1-7,9,11,20H2,(H,23,25). The molecule has 4 rings (SSSR count). The summed E-state index contributed by atoms with van der Waals surface area (Å²) in [6.07, 6.45) is 9.64. The number of hydrogen-bond acceptors (Lipinski definition) is 6. The molecule has 1 saturated carbocycles. The number of hydrogen-bond donors (Lipinski definition) is 2. The molecular weight excluding hydrogens is 346 g/mol. The zero-order valence-corrected chi connectivity index (χ0v) is 15.9. The fourth-order valence-electron chi connectivity index (χ4n) is 4.48. The van der Waals surface area contributed by atoms with Crippen molar-refractivity contribution >= 4 is 33.3 Å². The summed E-state index contributed by atoms with van der Waals surface area (Å²) in [6, 6.07) is 1.98. The Bertz CT molecular complexity index is 757. The normalized spacial score (nSPS) is 22.7. The number of carbonyl (C=O) groups excluding carboxylic acids is 1. The van der Waals surface area contributed by atoms with Crippen molar-refractivity contribution in [1.29, 1.82) is 0 Å². The molecule has 6 nitrogen and oxygen atoms in total. The molecule has 0 radical (unpaired) electrons. The highest BCUT2D eigenvalue weighted by Crippen LogP contribution is 2.32. The first-order valence-electron chi connectivity index (χ1n) is 9.73. The maximum Gasteiger partial charge on any atom is 0.243 e. The number of aromatic nitrogens is 2. The quantitative estimate of drug-likeness (QED) is 0.842. The molecule has 1 saturated heterocycles. The first-order valence-corrected chi connectivity index (χ1v) is 10.6. The van der Waals surface area contributed by atoms with Crippen molar-refractivity contribution in [2.24, 2.45) is 11.7 Å². The molecule has 2 aromatic heterocycles. The van der Waals surface area contributed by atoms with E-state index in [0.29, 0.717) is 12.5 Å². The Morgan fingerprint density at radius 3 is 2.92 bits per heavy atom. The molecular formula is C19H27N5OS. The molecule has 2 aromatic rings. The SMILES string of the molecule is NCC(NC(=O)C1CCCN1c1ncnc2sccc12)C1CCCCC1. The van der Waals surface area contributed by atoms with Gasteiger partial charge in [0.05, 0.1) is 5.39 Å². The number of anilines is 1. The summed E-state index contributed by atoms with van der Waals surface area (Å²) >= 11 is 1.61. The summed E-state index contributed by atoms with van der Waals surface area (Å²) in [6.45, 7) is 1.38. The second-order valence-electron chi connectivity index (χ2n) is 7.44. The molecule has 3 N–H and O–H groups in total. The van der Waals surface area contributed by atoms with Gasteiger partial charge in [-0.15, -0.1) is 11.3 Å². The maximum atomic E-state index is 13.1. The van der Waals surface area contributed by atoms with Crippen molar-refractivity contribution in [3.05, 3.63) is 17.8 Å². The number of fused-ring (bicyclic) bond motifs is 1. The Balaban J connectivity index is 1.50. The van der Waals surface area contributed by atoms with Crippen LogP contribution in [0.5, 0.6) is 0 Å². The number of amides is 1. The van der Waals surface area contributed by atoms with Gasteiger partial charge in [-0.25, -0.2) is 9.97 Å². The smallest absolute Gasteiger partial charge is 0.243 e. The molecule has 2 aliphatic rings. The Morgan fingerprint density at radius 2 is 2.12 bits per heavy atom. The summed E-state index contributed by atoms with van der Waals surface area (Å²) in [5, 5.41) is 6.34. The summed E-state index contributed by atoms with van der Waals surface area (Å²) in [4.78, 5) is 25.0. The van der Waals surface area contributed by atoms with E-state index in [0.717, 1.165) is 35.4 Å². The van der Waals surface area contributed by atoms with Crippen molar-refractivity contribution in [1.82, 2.24) is 15.3 Å². The average molecular weight is 374 g/mol. The van der Waals surface area contributed by atoms with E-state index in [1.54, 1.807) is 17.7 Å². The van der Waals surface area contributed by atoms with Crippen LogP contribution >= 0.6 is 11.3 Å². The second-order valence-corrected chi connectivity index (χ2v) is 8.33. The number of carbonyl (C=O) groups is 1. The van der Waals surface area contributed by atoms with Crippen molar-refractivity contribution < 1.29 is 4.79 Å². The third-order valence-corrected chi connectivity index (χ3v) is 6.69. The van der Waals surface area contributed by atoms with Gasteiger partial charge in [0.25, 0.3) is 0 Å². The van der Waals surface area contributed by atoms with Gasteiger partial charge in [0.2, 0.25) is 5.91 Å². The molecule has 1 aliphatic carbocycles. The van der Waals surface area contributed by atoms with E-state index in [2.05, 4.69) is 20.2 Å². The average Bonchev–Trinajstić information content (AvgIpc) is 3.35. The third-order valence-electron chi connectivity index (χ3n) is 5.87. The first-order chi connectivity index (χ1) is 12.8. The predicted molar refractivity (Wildman–Crippen MR) is 105 cm³/mol. The molecule has 140 valence electrons. The van der Waals surface area contributed by atoms with Gasteiger partial charge >= 0.3 is 0 Å². The third kappa shape index (κ3) is 3.42. The van der Waals surface area contributed by atoms with Crippen molar-refractivity contribution in [2.75, 3.05) is 18.0 Å². The van der Waals surface area contributed by atoms with Gasteiger partial charge in [0.1, 0.15) is 23.0 Å². The van der Waals surface area contributed by atoms with E-state index < -0.39 is 0 Å². The molecule has 1 amide bonds. The summed E-state index contributed by atoms with van der Waals surface area (Å²) < 4.78 is 0. The fraction of sp³-hybridized carbons (Fsp3) is 0.632. The van der Waals surface area contributed by atoms with Gasteiger partial charge in [-0.2, -0.15) is 0 Å². The first kappa shape index (κ1) is 17.7. The van der Waals surface area contributed by atoms with Gasteiger partial charge in [-0.3, -0.25) is 4.79 Å². The van der Waals surface area contributed by atoms with Crippen LogP contribution in [-0.4, -0.2) is 41.0 Å². The molecule has 2 unspecified atom stereocenters. The zero-order chi connectivity index (χ0) is 17.9. The molecule has 1 aliphatic heterocycles.